The minimum absolute atomic E-state index is 0.206. The Morgan fingerprint density at radius 2 is 2.00 bits per heavy atom. The Hall–Kier alpha value is -5.15. The zero-order valence-electron chi connectivity index (χ0n) is 22.4. The van der Waals surface area contributed by atoms with Crippen LogP contribution in [0, 0.1) is 11.5 Å². The second-order valence-corrected chi connectivity index (χ2v) is 10.5. The summed E-state index contributed by atoms with van der Waals surface area (Å²) in [6, 6.07) is 7.27. The molecule has 0 fully saturated rings. The summed E-state index contributed by atoms with van der Waals surface area (Å²) in [4.78, 5) is 32.8. The van der Waals surface area contributed by atoms with E-state index in [-0.39, 0.29) is 17.7 Å². The lowest BCUT2D eigenvalue weighted by Crippen LogP contribution is -2.30. The van der Waals surface area contributed by atoms with Crippen molar-refractivity contribution in [1.29, 1.82) is 5.26 Å². The summed E-state index contributed by atoms with van der Waals surface area (Å²) in [7, 11) is 1.66. The van der Waals surface area contributed by atoms with Crippen molar-refractivity contribution in [2.75, 3.05) is 11.9 Å². The van der Waals surface area contributed by atoms with E-state index in [0.717, 1.165) is 25.0 Å². The highest BCUT2D eigenvalue weighted by Crippen LogP contribution is 2.30. The molecule has 0 spiro atoms. The Morgan fingerprint density at radius 3 is 2.83 bits per heavy atom. The molecule has 0 saturated heterocycles. The number of anilines is 2. The molecule has 206 valence electrons. The molecule has 0 radical (unpaired) electrons. The van der Waals surface area contributed by atoms with Crippen LogP contribution >= 0.6 is 0 Å². The van der Waals surface area contributed by atoms with Crippen LogP contribution in [0.25, 0.3) is 22.5 Å². The Balaban J connectivity index is 1.29. The normalized spacial score (nSPS) is 14.2. The maximum atomic E-state index is 13.6. The van der Waals surface area contributed by atoms with E-state index >= 15 is 0 Å². The van der Waals surface area contributed by atoms with Crippen molar-refractivity contribution in [2.24, 2.45) is 7.05 Å². The molecule has 0 aromatic carbocycles. The molecule has 1 aliphatic heterocycles. The number of aromatic nitrogens is 6. The third-order valence-corrected chi connectivity index (χ3v) is 8.01. The van der Waals surface area contributed by atoms with Gasteiger partial charge in [-0.2, -0.15) is 10.4 Å². The standard InChI is InChI=1S/C29H27N9O3/c1-34-14-19(11-23(28(34)40)32-26-13-20-15-35(17-30)7-10-38(20)33-26)21-5-6-31-27(22(21)16-39)37-9-8-36-24-4-2-3-18(24)12-25(36)29(37)41/h5-6,8-9,11-14,39H,2-4,7,10,15-16H2,1H3,(H,32,33). The van der Waals surface area contributed by atoms with Gasteiger partial charge in [0.25, 0.3) is 11.1 Å². The quantitative estimate of drug-likeness (QED) is 0.318. The van der Waals surface area contributed by atoms with Crippen molar-refractivity contribution in [2.45, 2.75) is 39.0 Å². The zero-order chi connectivity index (χ0) is 28.2. The molecule has 5 aromatic rings. The summed E-state index contributed by atoms with van der Waals surface area (Å²) in [6.07, 6.45) is 12.0. The number of aryl methyl sites for hydroxylation is 3. The number of fused-ring (bicyclic) bond motifs is 4. The van der Waals surface area contributed by atoms with E-state index in [1.54, 1.807) is 42.7 Å². The number of hydrogen-bond acceptors (Lipinski definition) is 8. The highest BCUT2D eigenvalue weighted by molar-refractivity contribution is 5.73. The molecule has 0 saturated carbocycles. The first-order valence-corrected chi connectivity index (χ1v) is 13.5. The molecule has 0 unspecified atom stereocenters. The second kappa shape index (κ2) is 9.50. The smallest absolute Gasteiger partial charge is 0.280 e. The number of rotatable bonds is 5. The maximum Gasteiger partial charge on any atom is 0.280 e. The molecule has 2 N–H and O–H groups in total. The van der Waals surface area contributed by atoms with E-state index in [9.17, 15) is 20.0 Å². The van der Waals surface area contributed by atoms with Gasteiger partial charge < -0.3 is 24.3 Å². The summed E-state index contributed by atoms with van der Waals surface area (Å²) in [6.45, 7) is 1.26. The van der Waals surface area contributed by atoms with Crippen molar-refractivity contribution in [3.8, 4) is 23.1 Å². The van der Waals surface area contributed by atoms with Crippen LogP contribution in [0.2, 0.25) is 0 Å². The maximum absolute atomic E-state index is 13.6. The largest absolute Gasteiger partial charge is 0.392 e. The number of hydrogen-bond donors (Lipinski definition) is 2. The minimum atomic E-state index is -0.359. The molecule has 5 aromatic heterocycles. The average molecular weight is 550 g/mol. The van der Waals surface area contributed by atoms with Crippen LogP contribution in [0.3, 0.4) is 0 Å². The zero-order valence-corrected chi connectivity index (χ0v) is 22.4. The predicted octanol–water partition coefficient (Wildman–Crippen LogP) is 2.07. The van der Waals surface area contributed by atoms with Gasteiger partial charge in [0.1, 0.15) is 17.0 Å². The number of aliphatic hydroxyl groups is 1. The van der Waals surface area contributed by atoms with Gasteiger partial charge in [0.15, 0.2) is 12.0 Å². The number of nitrogens with zero attached hydrogens (tertiary/aromatic N) is 8. The van der Waals surface area contributed by atoms with Gasteiger partial charge in [-0.05, 0) is 48.6 Å². The van der Waals surface area contributed by atoms with Crippen molar-refractivity contribution in [3.05, 3.63) is 92.3 Å². The van der Waals surface area contributed by atoms with Gasteiger partial charge in [-0.3, -0.25) is 18.8 Å². The number of aliphatic hydroxyl groups excluding tert-OH is 1. The highest BCUT2D eigenvalue weighted by atomic mass is 16.3. The fourth-order valence-electron chi connectivity index (χ4n) is 6.00. The molecular formula is C29H27N9O3. The Bertz CT molecular complexity index is 2010. The molecule has 0 atom stereocenters. The van der Waals surface area contributed by atoms with Gasteiger partial charge in [-0.25, -0.2) is 4.98 Å². The summed E-state index contributed by atoms with van der Waals surface area (Å²) in [5, 5.41) is 27.4. The predicted molar refractivity (Wildman–Crippen MR) is 151 cm³/mol. The van der Waals surface area contributed by atoms with Gasteiger partial charge in [0, 0.05) is 61.3 Å². The van der Waals surface area contributed by atoms with Crippen LogP contribution in [0.4, 0.5) is 11.5 Å². The Labute approximate surface area is 233 Å². The molecular weight excluding hydrogens is 522 g/mol. The van der Waals surface area contributed by atoms with Crippen LogP contribution in [0.15, 0.2) is 58.6 Å². The first-order valence-electron chi connectivity index (χ1n) is 13.5. The lowest BCUT2D eigenvalue weighted by atomic mass is 10.0. The van der Waals surface area contributed by atoms with Gasteiger partial charge in [-0.1, -0.05) is 0 Å². The molecule has 0 bridgehead atoms. The lowest BCUT2D eigenvalue weighted by molar-refractivity contribution is 0.281. The minimum Gasteiger partial charge on any atom is -0.392 e. The summed E-state index contributed by atoms with van der Waals surface area (Å²) in [5.41, 5.74) is 5.48. The number of nitrogens with one attached hydrogen (secondary N) is 1. The van der Waals surface area contributed by atoms with E-state index in [1.807, 2.05) is 27.4 Å². The van der Waals surface area contributed by atoms with Crippen molar-refractivity contribution < 1.29 is 5.11 Å². The summed E-state index contributed by atoms with van der Waals surface area (Å²) >= 11 is 0. The van der Waals surface area contributed by atoms with Crippen LogP contribution < -0.4 is 16.4 Å². The number of pyridine rings is 2. The molecule has 6 heterocycles. The van der Waals surface area contributed by atoms with Crippen molar-refractivity contribution in [1.82, 2.24) is 33.2 Å². The van der Waals surface area contributed by atoms with Crippen LogP contribution in [-0.2, 0) is 39.6 Å². The first-order chi connectivity index (χ1) is 19.9. The monoisotopic (exact) mass is 549 g/mol. The van der Waals surface area contributed by atoms with Gasteiger partial charge in [-0.15, -0.1) is 0 Å². The topological polar surface area (TPSA) is 138 Å². The molecule has 7 rings (SSSR count). The lowest BCUT2D eigenvalue weighted by Gasteiger charge is -2.21. The van der Waals surface area contributed by atoms with Crippen LogP contribution in [0.1, 0.15) is 28.9 Å². The Kier molecular flexibility index (Phi) is 5.76. The number of nitriles is 1. The SMILES string of the molecule is Cn1cc(-c2ccnc(-n3ccn4c5c(cc4c3=O)CCC5)c2CO)cc(Nc2cc3n(n2)CCN(C#N)C3)c1=O. The van der Waals surface area contributed by atoms with E-state index in [4.69, 9.17) is 0 Å². The van der Waals surface area contributed by atoms with Gasteiger partial charge in [0.05, 0.1) is 25.4 Å². The molecule has 2 aliphatic rings. The van der Waals surface area contributed by atoms with Crippen LogP contribution in [-0.4, -0.2) is 44.9 Å². The van der Waals surface area contributed by atoms with Crippen LogP contribution in [0.5, 0.6) is 0 Å². The summed E-state index contributed by atoms with van der Waals surface area (Å²) < 4.78 is 6.73. The van der Waals surface area contributed by atoms with Gasteiger partial charge in [0.2, 0.25) is 0 Å². The summed E-state index contributed by atoms with van der Waals surface area (Å²) in [5.74, 6) is 0.844. The highest BCUT2D eigenvalue weighted by Gasteiger charge is 2.22. The fraction of sp³-hybridized carbons (Fsp3) is 0.276. The second-order valence-electron chi connectivity index (χ2n) is 10.5. The first kappa shape index (κ1) is 24.9. The van der Waals surface area contributed by atoms with Crippen molar-refractivity contribution >= 4 is 17.0 Å². The molecule has 1 aliphatic carbocycles. The van der Waals surface area contributed by atoms with Crippen molar-refractivity contribution in [3.63, 3.8) is 0 Å². The van der Waals surface area contributed by atoms with E-state index in [0.29, 0.717) is 59.2 Å². The van der Waals surface area contributed by atoms with E-state index in [2.05, 4.69) is 21.6 Å². The third kappa shape index (κ3) is 4.01. The molecule has 12 heteroatoms. The van der Waals surface area contributed by atoms with E-state index < -0.39 is 0 Å². The van der Waals surface area contributed by atoms with E-state index in [1.165, 1.54) is 20.4 Å². The fourth-order valence-corrected chi connectivity index (χ4v) is 6.00. The molecule has 41 heavy (non-hydrogen) atoms. The average Bonchev–Trinajstić information content (AvgIpc) is 3.69. The van der Waals surface area contributed by atoms with Gasteiger partial charge >= 0.3 is 0 Å². The third-order valence-electron chi connectivity index (χ3n) is 8.01. The Morgan fingerprint density at radius 1 is 1.12 bits per heavy atom. The molecule has 12 nitrogen and oxygen atoms in total. The molecule has 0 amide bonds.